The standard InChI is InChI=1S/C15H22N2O3/c1-11(14-3-2-9-20-14)17-15(18)8-10-19-13-6-4-12(16)5-7-13/h4-7,11,14H,2-3,8-10,16H2,1H3,(H,17,18). The maximum atomic E-state index is 11.8. The molecule has 0 aliphatic carbocycles. The molecule has 2 rings (SSSR count). The van der Waals surface area contributed by atoms with Crippen molar-refractivity contribution in [2.75, 3.05) is 18.9 Å². The average Bonchev–Trinajstić information content (AvgIpc) is 2.95. The highest BCUT2D eigenvalue weighted by Gasteiger charge is 2.23. The van der Waals surface area contributed by atoms with Crippen molar-refractivity contribution in [3.63, 3.8) is 0 Å². The number of nitrogen functional groups attached to an aromatic ring is 1. The number of hydrogen-bond donors (Lipinski definition) is 2. The zero-order valence-corrected chi connectivity index (χ0v) is 11.8. The second kappa shape index (κ2) is 7.14. The molecule has 1 heterocycles. The number of carbonyl (C=O) groups excluding carboxylic acids is 1. The van der Waals surface area contributed by atoms with Crippen LogP contribution in [0.2, 0.25) is 0 Å². The Morgan fingerprint density at radius 3 is 2.90 bits per heavy atom. The molecule has 0 bridgehead atoms. The van der Waals surface area contributed by atoms with Gasteiger partial charge < -0.3 is 20.5 Å². The molecule has 2 atom stereocenters. The van der Waals surface area contributed by atoms with Crippen LogP contribution in [0.4, 0.5) is 5.69 Å². The summed E-state index contributed by atoms with van der Waals surface area (Å²) in [4.78, 5) is 11.8. The van der Waals surface area contributed by atoms with E-state index in [9.17, 15) is 4.79 Å². The van der Waals surface area contributed by atoms with Gasteiger partial charge in [-0.25, -0.2) is 0 Å². The van der Waals surface area contributed by atoms with Crippen molar-refractivity contribution in [1.82, 2.24) is 5.32 Å². The van der Waals surface area contributed by atoms with E-state index < -0.39 is 0 Å². The Labute approximate surface area is 119 Å². The number of hydrogen-bond acceptors (Lipinski definition) is 4. The highest BCUT2D eigenvalue weighted by Crippen LogP contribution is 2.15. The van der Waals surface area contributed by atoms with Crippen molar-refractivity contribution < 1.29 is 14.3 Å². The van der Waals surface area contributed by atoms with Gasteiger partial charge in [0, 0.05) is 12.3 Å². The summed E-state index contributed by atoms with van der Waals surface area (Å²) in [5, 5.41) is 2.95. The molecule has 1 aliphatic heterocycles. The summed E-state index contributed by atoms with van der Waals surface area (Å²) in [6, 6.07) is 7.19. The number of nitrogens with two attached hydrogens (primary N) is 1. The van der Waals surface area contributed by atoms with Gasteiger partial charge in [0.25, 0.3) is 0 Å². The van der Waals surface area contributed by atoms with Gasteiger partial charge in [0.1, 0.15) is 5.75 Å². The van der Waals surface area contributed by atoms with Gasteiger partial charge in [-0.15, -0.1) is 0 Å². The third-order valence-electron chi connectivity index (χ3n) is 3.39. The summed E-state index contributed by atoms with van der Waals surface area (Å²) in [7, 11) is 0. The van der Waals surface area contributed by atoms with Gasteiger partial charge in [-0.2, -0.15) is 0 Å². The Morgan fingerprint density at radius 2 is 2.25 bits per heavy atom. The Hall–Kier alpha value is -1.75. The monoisotopic (exact) mass is 278 g/mol. The van der Waals surface area contributed by atoms with Gasteiger partial charge in [-0.05, 0) is 44.0 Å². The van der Waals surface area contributed by atoms with E-state index >= 15 is 0 Å². The zero-order chi connectivity index (χ0) is 14.4. The number of nitrogens with one attached hydrogen (secondary N) is 1. The third-order valence-corrected chi connectivity index (χ3v) is 3.39. The van der Waals surface area contributed by atoms with Gasteiger partial charge in [-0.1, -0.05) is 0 Å². The lowest BCUT2D eigenvalue weighted by Gasteiger charge is -2.20. The first-order chi connectivity index (χ1) is 9.65. The first kappa shape index (κ1) is 14.7. The maximum Gasteiger partial charge on any atom is 0.223 e. The average molecular weight is 278 g/mol. The van der Waals surface area contributed by atoms with Crippen LogP contribution < -0.4 is 15.8 Å². The minimum Gasteiger partial charge on any atom is -0.493 e. The third kappa shape index (κ3) is 4.42. The van der Waals surface area contributed by atoms with E-state index in [1.807, 2.05) is 6.92 Å². The number of carbonyl (C=O) groups is 1. The fourth-order valence-electron chi connectivity index (χ4n) is 2.24. The topological polar surface area (TPSA) is 73.6 Å². The maximum absolute atomic E-state index is 11.8. The van der Waals surface area contributed by atoms with Crippen LogP contribution in [0.25, 0.3) is 0 Å². The van der Waals surface area contributed by atoms with Gasteiger partial charge in [0.2, 0.25) is 5.91 Å². The van der Waals surface area contributed by atoms with Crippen LogP contribution in [-0.2, 0) is 9.53 Å². The first-order valence-electron chi connectivity index (χ1n) is 7.04. The molecule has 0 saturated carbocycles. The summed E-state index contributed by atoms with van der Waals surface area (Å²) < 4.78 is 11.0. The van der Waals surface area contributed by atoms with E-state index in [2.05, 4.69) is 5.32 Å². The molecular weight excluding hydrogens is 256 g/mol. The second-order valence-electron chi connectivity index (χ2n) is 5.08. The lowest BCUT2D eigenvalue weighted by atomic mass is 10.1. The van der Waals surface area contributed by atoms with E-state index in [4.69, 9.17) is 15.2 Å². The summed E-state index contributed by atoms with van der Waals surface area (Å²) in [6.45, 7) is 3.13. The number of ether oxygens (including phenoxy) is 2. The van der Waals surface area contributed by atoms with Crippen LogP contribution in [-0.4, -0.2) is 31.3 Å². The van der Waals surface area contributed by atoms with Crippen molar-refractivity contribution in [3.8, 4) is 5.75 Å². The Balaban J connectivity index is 1.65. The predicted octanol–water partition coefficient (Wildman–Crippen LogP) is 1.72. The second-order valence-corrected chi connectivity index (χ2v) is 5.08. The SMILES string of the molecule is CC(NC(=O)CCOc1ccc(N)cc1)C1CCCO1. The molecule has 0 radical (unpaired) electrons. The summed E-state index contributed by atoms with van der Waals surface area (Å²) in [5.41, 5.74) is 6.28. The lowest BCUT2D eigenvalue weighted by molar-refractivity contribution is -0.123. The molecular formula is C15H22N2O3. The minimum atomic E-state index is -0.0107. The van der Waals surface area contributed by atoms with Crippen LogP contribution in [0.5, 0.6) is 5.75 Å². The van der Waals surface area contributed by atoms with Gasteiger partial charge in [-0.3, -0.25) is 4.79 Å². The van der Waals surface area contributed by atoms with Crippen LogP contribution in [0.15, 0.2) is 24.3 Å². The van der Waals surface area contributed by atoms with Gasteiger partial charge >= 0.3 is 0 Å². The van der Waals surface area contributed by atoms with E-state index in [-0.39, 0.29) is 18.1 Å². The molecule has 2 unspecified atom stereocenters. The minimum absolute atomic E-state index is 0.0107. The summed E-state index contributed by atoms with van der Waals surface area (Å²) in [6.07, 6.45) is 2.58. The zero-order valence-electron chi connectivity index (χ0n) is 11.8. The Bertz CT molecular complexity index is 427. The molecule has 1 fully saturated rings. The first-order valence-corrected chi connectivity index (χ1v) is 7.04. The highest BCUT2D eigenvalue weighted by molar-refractivity contribution is 5.76. The number of rotatable bonds is 6. The molecule has 20 heavy (non-hydrogen) atoms. The van der Waals surface area contributed by atoms with E-state index in [0.29, 0.717) is 18.7 Å². The van der Waals surface area contributed by atoms with E-state index in [1.165, 1.54) is 0 Å². The van der Waals surface area contributed by atoms with Crippen LogP contribution in [0, 0.1) is 0 Å². The number of benzene rings is 1. The molecule has 5 nitrogen and oxygen atoms in total. The van der Waals surface area contributed by atoms with Crippen molar-refractivity contribution >= 4 is 11.6 Å². The number of amides is 1. The van der Waals surface area contributed by atoms with Crippen molar-refractivity contribution in [3.05, 3.63) is 24.3 Å². The molecule has 5 heteroatoms. The van der Waals surface area contributed by atoms with Crippen LogP contribution in [0.3, 0.4) is 0 Å². The lowest BCUT2D eigenvalue weighted by Crippen LogP contribution is -2.41. The molecule has 1 saturated heterocycles. The molecule has 1 amide bonds. The molecule has 1 aromatic carbocycles. The van der Waals surface area contributed by atoms with Gasteiger partial charge in [0.05, 0.1) is 25.2 Å². The molecule has 1 aromatic rings. The fourth-order valence-corrected chi connectivity index (χ4v) is 2.24. The largest absolute Gasteiger partial charge is 0.493 e. The summed E-state index contributed by atoms with van der Waals surface area (Å²) >= 11 is 0. The van der Waals surface area contributed by atoms with E-state index in [1.54, 1.807) is 24.3 Å². The Kier molecular flexibility index (Phi) is 5.24. The predicted molar refractivity (Wildman–Crippen MR) is 77.5 cm³/mol. The summed E-state index contributed by atoms with van der Waals surface area (Å²) in [5.74, 6) is 0.711. The smallest absolute Gasteiger partial charge is 0.223 e. The molecule has 110 valence electrons. The molecule has 0 aromatic heterocycles. The van der Waals surface area contributed by atoms with Crippen molar-refractivity contribution in [2.45, 2.75) is 38.3 Å². The van der Waals surface area contributed by atoms with E-state index in [0.717, 1.165) is 25.2 Å². The fraction of sp³-hybridized carbons (Fsp3) is 0.533. The molecule has 3 N–H and O–H groups in total. The Morgan fingerprint density at radius 1 is 1.50 bits per heavy atom. The van der Waals surface area contributed by atoms with Gasteiger partial charge in [0.15, 0.2) is 0 Å². The highest BCUT2D eigenvalue weighted by atomic mass is 16.5. The normalized spacial score (nSPS) is 19.6. The van der Waals surface area contributed by atoms with Crippen LogP contribution >= 0.6 is 0 Å². The quantitative estimate of drug-likeness (QED) is 0.777. The molecule has 0 spiro atoms. The van der Waals surface area contributed by atoms with Crippen molar-refractivity contribution in [1.29, 1.82) is 0 Å². The van der Waals surface area contributed by atoms with Crippen LogP contribution in [0.1, 0.15) is 26.2 Å². The number of anilines is 1. The van der Waals surface area contributed by atoms with Crippen molar-refractivity contribution in [2.24, 2.45) is 0 Å². The molecule has 1 aliphatic rings.